The van der Waals surface area contributed by atoms with Crippen LogP contribution in [0.15, 0.2) is 53.6 Å². The first-order chi connectivity index (χ1) is 10.5. The lowest BCUT2D eigenvalue weighted by Gasteiger charge is -2.06. The van der Waals surface area contributed by atoms with E-state index in [1.54, 1.807) is 31.3 Å². The van der Waals surface area contributed by atoms with Gasteiger partial charge in [-0.05, 0) is 24.3 Å². The van der Waals surface area contributed by atoms with E-state index in [2.05, 4.69) is 10.4 Å². The summed E-state index contributed by atoms with van der Waals surface area (Å²) in [5.41, 5.74) is 5.48. The zero-order valence-electron chi connectivity index (χ0n) is 11.8. The first kappa shape index (κ1) is 17.8. The number of ketones is 1. The predicted molar refractivity (Wildman–Crippen MR) is 87.6 cm³/mol. The van der Waals surface area contributed by atoms with E-state index in [1.807, 2.05) is 0 Å². The number of rotatable bonds is 5. The van der Waals surface area contributed by atoms with Gasteiger partial charge in [0.1, 0.15) is 0 Å². The molecule has 0 radical (unpaired) electrons. The number of carbonyl (C=O) groups excluding carboxylic acids is 2. The number of amides is 1. The molecule has 0 fully saturated rings. The van der Waals surface area contributed by atoms with Crippen LogP contribution in [-0.2, 0) is 0 Å². The van der Waals surface area contributed by atoms with Gasteiger partial charge >= 0.3 is 0 Å². The summed E-state index contributed by atoms with van der Waals surface area (Å²) in [7, 11) is 1.64. The fraction of sp³-hybridized carbons (Fsp3) is 0.125. The lowest BCUT2D eigenvalue weighted by molar-refractivity contribution is 0.0998. The lowest BCUT2D eigenvalue weighted by Crippen LogP contribution is -2.20. The van der Waals surface area contributed by atoms with Crippen LogP contribution in [0.5, 0.6) is 0 Å². The molecule has 1 aromatic heterocycles. The molecular formula is C16H18N4O3. The first-order valence-corrected chi connectivity index (χ1v) is 6.41. The standard InChI is InChI=1S/C15H14N4O3.CH4/c1-17-8-6-12(20)14-13(21)7-9-19(18-14)11-4-2-10(3-5-11)15(16)22;/h2-9,17H,1H3,(H2,16,22);1H4. The van der Waals surface area contributed by atoms with Crippen molar-refractivity contribution in [3.05, 3.63) is 70.3 Å². The predicted octanol–water partition coefficient (Wildman–Crippen LogP) is 0.883. The Morgan fingerprint density at radius 3 is 2.43 bits per heavy atom. The van der Waals surface area contributed by atoms with Crippen molar-refractivity contribution in [1.82, 2.24) is 15.1 Å². The van der Waals surface area contributed by atoms with E-state index in [-0.39, 0.29) is 13.1 Å². The number of primary amides is 1. The highest BCUT2D eigenvalue weighted by Gasteiger charge is 2.10. The topological polar surface area (TPSA) is 107 Å². The zero-order chi connectivity index (χ0) is 16.1. The molecule has 0 unspecified atom stereocenters. The molecule has 0 saturated carbocycles. The number of nitrogens with zero attached hydrogens (tertiary/aromatic N) is 2. The Bertz CT molecular complexity index is 792. The molecule has 23 heavy (non-hydrogen) atoms. The Hall–Kier alpha value is -3.22. The van der Waals surface area contributed by atoms with Crippen molar-refractivity contribution in [3.8, 4) is 5.69 Å². The second-order valence-electron chi connectivity index (χ2n) is 4.37. The number of aromatic nitrogens is 2. The Kier molecular flexibility index (Phi) is 5.96. The van der Waals surface area contributed by atoms with E-state index in [0.29, 0.717) is 11.3 Å². The van der Waals surface area contributed by atoms with Crippen LogP contribution in [0.1, 0.15) is 28.3 Å². The third kappa shape index (κ3) is 4.13. The number of nitrogens with one attached hydrogen (secondary N) is 1. The highest BCUT2D eigenvalue weighted by atomic mass is 16.1. The van der Waals surface area contributed by atoms with Crippen LogP contribution in [0.25, 0.3) is 5.69 Å². The third-order valence-electron chi connectivity index (χ3n) is 2.86. The average molecular weight is 314 g/mol. The number of allylic oxidation sites excluding steroid dienone is 1. The van der Waals surface area contributed by atoms with E-state index >= 15 is 0 Å². The van der Waals surface area contributed by atoms with Crippen LogP contribution in [0, 0.1) is 0 Å². The van der Waals surface area contributed by atoms with Crippen LogP contribution in [0.2, 0.25) is 0 Å². The molecular weight excluding hydrogens is 296 g/mol. The number of benzene rings is 1. The summed E-state index contributed by atoms with van der Waals surface area (Å²) in [6, 6.07) is 7.58. The molecule has 7 heteroatoms. The summed E-state index contributed by atoms with van der Waals surface area (Å²) < 4.78 is 1.38. The Balaban J connectivity index is 0.00000264. The largest absolute Gasteiger partial charge is 0.394 e. The normalized spacial score (nSPS) is 10.1. The molecule has 2 aromatic rings. The van der Waals surface area contributed by atoms with E-state index in [0.717, 1.165) is 0 Å². The van der Waals surface area contributed by atoms with Gasteiger partial charge in [0.05, 0.1) is 5.69 Å². The molecule has 0 aliphatic carbocycles. The second kappa shape index (κ2) is 7.69. The molecule has 0 atom stereocenters. The molecule has 120 valence electrons. The molecule has 0 aliphatic rings. The summed E-state index contributed by atoms with van der Waals surface area (Å²) in [6.45, 7) is 0. The van der Waals surface area contributed by atoms with Crippen molar-refractivity contribution < 1.29 is 9.59 Å². The third-order valence-corrected chi connectivity index (χ3v) is 2.86. The van der Waals surface area contributed by atoms with Gasteiger partial charge in [-0.2, -0.15) is 5.10 Å². The van der Waals surface area contributed by atoms with Gasteiger partial charge in [0.15, 0.2) is 5.69 Å². The SMILES string of the molecule is C.CNC=CC(=O)c1nn(-c2ccc(C(N)=O)cc2)ccc1=O. The maximum atomic E-state index is 11.9. The lowest BCUT2D eigenvalue weighted by atomic mass is 10.2. The van der Waals surface area contributed by atoms with Gasteiger partial charge in [-0.1, -0.05) is 7.43 Å². The van der Waals surface area contributed by atoms with Gasteiger partial charge in [0.2, 0.25) is 17.1 Å². The number of carbonyl (C=O) groups is 2. The number of hydrogen-bond acceptors (Lipinski definition) is 5. The smallest absolute Gasteiger partial charge is 0.248 e. The summed E-state index contributed by atoms with van der Waals surface area (Å²) in [5.74, 6) is -1.03. The Morgan fingerprint density at radius 2 is 1.87 bits per heavy atom. The average Bonchev–Trinajstić information content (AvgIpc) is 2.53. The van der Waals surface area contributed by atoms with Crippen LogP contribution < -0.4 is 16.5 Å². The van der Waals surface area contributed by atoms with Crippen LogP contribution in [-0.4, -0.2) is 28.5 Å². The second-order valence-corrected chi connectivity index (χ2v) is 4.37. The van der Waals surface area contributed by atoms with Gasteiger partial charge in [-0.25, -0.2) is 4.68 Å². The van der Waals surface area contributed by atoms with E-state index < -0.39 is 17.1 Å². The molecule has 1 aromatic carbocycles. The highest BCUT2D eigenvalue weighted by molar-refractivity contribution is 6.02. The van der Waals surface area contributed by atoms with Gasteiger partial charge in [-0.3, -0.25) is 14.4 Å². The first-order valence-electron chi connectivity index (χ1n) is 6.41. The zero-order valence-corrected chi connectivity index (χ0v) is 11.8. The van der Waals surface area contributed by atoms with Crippen LogP contribution in [0.3, 0.4) is 0 Å². The monoisotopic (exact) mass is 314 g/mol. The molecule has 1 amide bonds. The molecule has 7 nitrogen and oxygen atoms in total. The van der Waals surface area contributed by atoms with Crippen LogP contribution in [0.4, 0.5) is 0 Å². The summed E-state index contributed by atoms with van der Waals surface area (Å²) in [5, 5.41) is 6.70. The molecule has 1 heterocycles. The van der Waals surface area contributed by atoms with E-state index in [1.165, 1.54) is 29.2 Å². The van der Waals surface area contributed by atoms with Crippen molar-refractivity contribution in [1.29, 1.82) is 0 Å². The van der Waals surface area contributed by atoms with Gasteiger partial charge < -0.3 is 11.1 Å². The minimum atomic E-state index is -0.535. The van der Waals surface area contributed by atoms with Gasteiger partial charge in [0.25, 0.3) is 0 Å². The molecule has 2 rings (SSSR count). The molecule has 3 N–H and O–H groups in total. The highest BCUT2D eigenvalue weighted by Crippen LogP contribution is 2.08. The van der Waals surface area contributed by atoms with E-state index in [9.17, 15) is 14.4 Å². The minimum absolute atomic E-state index is 0. The fourth-order valence-electron chi connectivity index (χ4n) is 1.74. The summed E-state index contributed by atoms with van der Waals surface area (Å²) >= 11 is 0. The van der Waals surface area contributed by atoms with Crippen LogP contribution >= 0.6 is 0 Å². The van der Waals surface area contributed by atoms with E-state index in [4.69, 9.17) is 5.73 Å². The Labute approximate surface area is 133 Å². The van der Waals surface area contributed by atoms with Crippen molar-refractivity contribution in [2.45, 2.75) is 7.43 Å². The summed E-state index contributed by atoms with van der Waals surface area (Å²) in [6.07, 6.45) is 4.09. The number of nitrogens with two attached hydrogens (primary N) is 1. The fourth-order valence-corrected chi connectivity index (χ4v) is 1.74. The van der Waals surface area contributed by atoms with Crippen molar-refractivity contribution in [3.63, 3.8) is 0 Å². The quantitative estimate of drug-likeness (QED) is 0.629. The minimum Gasteiger partial charge on any atom is -0.394 e. The molecule has 0 bridgehead atoms. The maximum absolute atomic E-state index is 11.9. The number of hydrogen-bond donors (Lipinski definition) is 2. The molecule has 0 spiro atoms. The summed E-state index contributed by atoms with van der Waals surface area (Å²) in [4.78, 5) is 34.7. The van der Waals surface area contributed by atoms with Crippen molar-refractivity contribution in [2.75, 3.05) is 7.05 Å². The molecule has 0 aliphatic heterocycles. The van der Waals surface area contributed by atoms with Gasteiger partial charge in [0, 0.05) is 37.2 Å². The van der Waals surface area contributed by atoms with Crippen molar-refractivity contribution >= 4 is 11.7 Å². The van der Waals surface area contributed by atoms with Gasteiger partial charge in [-0.15, -0.1) is 0 Å². The maximum Gasteiger partial charge on any atom is 0.248 e. The Morgan fingerprint density at radius 1 is 1.22 bits per heavy atom. The molecule has 0 saturated heterocycles. The van der Waals surface area contributed by atoms with Crippen molar-refractivity contribution in [2.24, 2.45) is 5.73 Å².